The van der Waals surface area contributed by atoms with E-state index in [0.29, 0.717) is 74.0 Å². The van der Waals surface area contributed by atoms with Gasteiger partial charge in [0.25, 0.3) is 5.56 Å². The van der Waals surface area contributed by atoms with Gasteiger partial charge < -0.3 is 10.0 Å². The number of pyridine rings is 1. The van der Waals surface area contributed by atoms with Crippen LogP contribution < -0.4 is 5.56 Å². The molecule has 2 aromatic carbocycles. The summed E-state index contributed by atoms with van der Waals surface area (Å²) in [4.78, 5) is 49.3. The van der Waals surface area contributed by atoms with E-state index in [9.17, 15) is 19.5 Å². The zero-order valence-corrected chi connectivity index (χ0v) is 26.2. The Labute approximate surface area is 266 Å². The van der Waals surface area contributed by atoms with Crippen molar-refractivity contribution in [3.05, 3.63) is 79.9 Å². The fourth-order valence-corrected chi connectivity index (χ4v) is 6.99. The summed E-state index contributed by atoms with van der Waals surface area (Å²) in [6.45, 7) is 0.909. The Balaban J connectivity index is 0.951. The maximum Gasteiger partial charge on any atom is 0.261 e. The zero-order chi connectivity index (χ0) is 30.8. The van der Waals surface area contributed by atoms with Gasteiger partial charge in [0, 0.05) is 48.5 Å². The van der Waals surface area contributed by atoms with Crippen molar-refractivity contribution in [3.8, 4) is 0 Å². The molecular formula is C34H36Cl2N4O4. The second-order valence-electron chi connectivity index (χ2n) is 12.2. The smallest absolute Gasteiger partial charge is 0.261 e. The van der Waals surface area contributed by atoms with E-state index in [0.717, 1.165) is 52.9 Å². The van der Waals surface area contributed by atoms with Crippen molar-refractivity contribution in [1.82, 2.24) is 19.4 Å². The zero-order valence-electron chi connectivity index (χ0n) is 24.7. The van der Waals surface area contributed by atoms with E-state index in [4.69, 9.17) is 28.2 Å². The van der Waals surface area contributed by atoms with E-state index in [1.165, 1.54) is 16.5 Å². The molecule has 0 radical (unpaired) electrons. The molecule has 1 saturated heterocycles. The quantitative estimate of drug-likeness (QED) is 0.247. The number of rotatable bonds is 9. The highest BCUT2D eigenvalue weighted by Gasteiger charge is 2.34. The Morgan fingerprint density at radius 2 is 1.70 bits per heavy atom. The molecule has 0 spiro atoms. The molecule has 2 aromatic heterocycles. The van der Waals surface area contributed by atoms with Gasteiger partial charge in [0.05, 0.1) is 39.9 Å². The van der Waals surface area contributed by atoms with Gasteiger partial charge in [0.2, 0.25) is 5.91 Å². The van der Waals surface area contributed by atoms with Gasteiger partial charge in [-0.2, -0.15) is 0 Å². The molecule has 44 heavy (non-hydrogen) atoms. The summed E-state index contributed by atoms with van der Waals surface area (Å²) in [7, 11) is 0. The highest BCUT2D eigenvalue weighted by atomic mass is 35.5. The lowest BCUT2D eigenvalue weighted by atomic mass is 9.91. The summed E-state index contributed by atoms with van der Waals surface area (Å²) >= 11 is 12.7. The number of hydrogen-bond acceptors (Lipinski definition) is 6. The van der Waals surface area contributed by atoms with Crippen molar-refractivity contribution in [2.24, 2.45) is 0 Å². The highest BCUT2D eigenvalue weighted by Crippen LogP contribution is 2.33. The van der Waals surface area contributed by atoms with Gasteiger partial charge in [-0.25, -0.2) is 4.98 Å². The second kappa shape index (κ2) is 13.0. The van der Waals surface area contributed by atoms with E-state index in [1.54, 1.807) is 23.1 Å². The number of aryl methyl sites for hydroxylation is 2. The first kappa shape index (κ1) is 30.7. The molecule has 1 aliphatic carbocycles. The second-order valence-corrected chi connectivity index (χ2v) is 13.1. The molecule has 1 N–H and O–H groups in total. The van der Waals surface area contributed by atoms with Crippen LogP contribution in [0.15, 0.2) is 47.5 Å². The van der Waals surface area contributed by atoms with E-state index >= 15 is 0 Å². The minimum Gasteiger partial charge on any atom is -0.388 e. The maximum absolute atomic E-state index is 12.9. The molecule has 1 aliphatic heterocycles. The number of halogens is 2. The number of carbonyl (C=O) groups excluding carboxylic acids is 2. The van der Waals surface area contributed by atoms with Gasteiger partial charge >= 0.3 is 0 Å². The number of aliphatic hydroxyl groups is 1. The summed E-state index contributed by atoms with van der Waals surface area (Å²) in [6, 6.07) is 11.0. The first-order valence-electron chi connectivity index (χ1n) is 15.5. The van der Waals surface area contributed by atoms with Crippen LogP contribution in [-0.4, -0.2) is 54.9 Å². The van der Waals surface area contributed by atoms with Crippen LogP contribution in [0, 0.1) is 0 Å². The van der Waals surface area contributed by atoms with Crippen LogP contribution >= 0.6 is 23.2 Å². The molecule has 10 heteroatoms. The van der Waals surface area contributed by atoms with Crippen LogP contribution in [0.1, 0.15) is 68.2 Å². The SMILES string of the molecule is O=C(CCCC(=O)N1CCC(O)(Cn2cnc3cc(Cl)ccc3c2=O)CC1)CCc1ccc2c(Cl)c3c(nc2c1)CCCC3. The van der Waals surface area contributed by atoms with Crippen LogP contribution in [0.5, 0.6) is 0 Å². The minimum atomic E-state index is -1.11. The summed E-state index contributed by atoms with van der Waals surface area (Å²) in [5, 5.41) is 13.9. The predicted molar refractivity (Wildman–Crippen MR) is 172 cm³/mol. The Kier molecular flexibility index (Phi) is 9.03. The van der Waals surface area contributed by atoms with Gasteiger partial charge in [-0.3, -0.25) is 23.9 Å². The maximum atomic E-state index is 12.9. The van der Waals surface area contributed by atoms with Crippen molar-refractivity contribution >= 4 is 56.7 Å². The topological polar surface area (TPSA) is 105 Å². The molecule has 1 fully saturated rings. The molecule has 1 amide bonds. The average molecular weight is 636 g/mol. The fraction of sp³-hybridized carbons (Fsp3) is 0.441. The van der Waals surface area contributed by atoms with Crippen LogP contribution in [0.2, 0.25) is 10.0 Å². The minimum absolute atomic E-state index is 0.0120. The third-order valence-electron chi connectivity index (χ3n) is 9.10. The molecule has 0 unspecified atom stereocenters. The van der Waals surface area contributed by atoms with Crippen molar-refractivity contribution < 1.29 is 14.7 Å². The summed E-state index contributed by atoms with van der Waals surface area (Å²) in [5.41, 5.74) is 3.42. The van der Waals surface area contributed by atoms with Crippen molar-refractivity contribution in [1.29, 1.82) is 0 Å². The predicted octanol–water partition coefficient (Wildman–Crippen LogP) is 5.86. The summed E-state index contributed by atoms with van der Waals surface area (Å²) in [5.74, 6) is 0.126. The molecule has 2 aliphatic rings. The van der Waals surface area contributed by atoms with Gasteiger partial charge in [0.1, 0.15) is 5.78 Å². The molecule has 230 valence electrons. The van der Waals surface area contributed by atoms with Gasteiger partial charge in [-0.15, -0.1) is 0 Å². The number of Topliss-reactive ketones (excluding diaryl/α,β-unsaturated/α-hetero) is 1. The number of hydrogen-bond donors (Lipinski definition) is 1. The molecule has 0 atom stereocenters. The molecule has 0 bridgehead atoms. The number of fused-ring (bicyclic) bond motifs is 3. The monoisotopic (exact) mass is 634 g/mol. The first-order valence-corrected chi connectivity index (χ1v) is 16.2. The Hall–Kier alpha value is -3.33. The lowest BCUT2D eigenvalue weighted by Crippen LogP contribution is -2.49. The third-order valence-corrected chi connectivity index (χ3v) is 9.76. The Morgan fingerprint density at radius 3 is 2.52 bits per heavy atom. The number of benzene rings is 2. The number of likely N-dealkylation sites (tertiary alicyclic amines) is 1. The van der Waals surface area contributed by atoms with Crippen molar-refractivity contribution in [2.45, 2.75) is 82.8 Å². The molecule has 0 saturated carbocycles. The molecule has 4 aromatic rings. The van der Waals surface area contributed by atoms with Crippen molar-refractivity contribution in [3.63, 3.8) is 0 Å². The summed E-state index contributed by atoms with van der Waals surface area (Å²) < 4.78 is 1.43. The fourth-order valence-electron chi connectivity index (χ4n) is 6.46. The number of ketones is 1. The molecule has 3 heterocycles. The van der Waals surface area contributed by atoms with Crippen molar-refractivity contribution in [2.75, 3.05) is 13.1 Å². The van der Waals surface area contributed by atoms with E-state index in [1.807, 2.05) is 18.2 Å². The van der Waals surface area contributed by atoms with Gasteiger partial charge in [0.15, 0.2) is 0 Å². The number of nitrogens with zero attached hydrogens (tertiary/aromatic N) is 4. The van der Waals surface area contributed by atoms with Crippen LogP contribution in [-0.2, 0) is 35.4 Å². The standard InChI is InChI=1S/C34H36Cl2N4O4/c35-23-10-13-27-29(19-23)37-21-40(33(27)43)20-34(44)14-16-39(17-15-34)31(42)7-3-4-24(41)11-8-22-9-12-26-30(18-22)38-28-6-2-1-5-25(28)32(26)36/h9-10,12-13,18-19,21,44H,1-8,11,14-17,20H2. The van der Waals surface area contributed by atoms with Crippen LogP contribution in [0.25, 0.3) is 21.8 Å². The normalized spacial score (nSPS) is 16.3. The summed E-state index contributed by atoms with van der Waals surface area (Å²) in [6.07, 6.45) is 8.60. The van der Waals surface area contributed by atoms with Gasteiger partial charge in [-0.1, -0.05) is 35.3 Å². The highest BCUT2D eigenvalue weighted by molar-refractivity contribution is 6.36. The largest absolute Gasteiger partial charge is 0.388 e. The lowest BCUT2D eigenvalue weighted by molar-refractivity contribution is -0.136. The Morgan fingerprint density at radius 1 is 0.932 bits per heavy atom. The number of amides is 1. The van der Waals surface area contributed by atoms with Gasteiger partial charge in [-0.05, 0) is 86.8 Å². The third kappa shape index (κ3) is 6.67. The van der Waals surface area contributed by atoms with Crippen LogP contribution in [0.4, 0.5) is 0 Å². The molecule has 8 nitrogen and oxygen atoms in total. The lowest BCUT2D eigenvalue weighted by Gasteiger charge is -2.38. The average Bonchev–Trinajstić information content (AvgIpc) is 3.01. The number of aromatic nitrogens is 3. The van der Waals surface area contributed by atoms with Crippen LogP contribution in [0.3, 0.4) is 0 Å². The molecular weight excluding hydrogens is 599 g/mol. The van der Waals surface area contributed by atoms with E-state index < -0.39 is 5.60 Å². The number of carbonyl (C=O) groups is 2. The first-order chi connectivity index (χ1) is 21.2. The molecule has 6 rings (SSSR count). The number of piperidine rings is 1. The van der Waals surface area contributed by atoms with E-state index in [-0.39, 0.29) is 23.8 Å². The van der Waals surface area contributed by atoms with E-state index in [2.05, 4.69) is 4.98 Å². The Bertz CT molecular complexity index is 1800.